The molecule has 3 heteroatoms. The van der Waals surface area contributed by atoms with Gasteiger partial charge in [0.15, 0.2) is 5.78 Å². The quantitative estimate of drug-likeness (QED) is 0.735. The Kier molecular flexibility index (Phi) is 2.99. The fourth-order valence-electron chi connectivity index (χ4n) is 3.81. The number of carbonyl (C=O) groups is 1. The highest BCUT2D eigenvalue weighted by Crippen LogP contribution is 2.51. The number of hydrogen-bond acceptors (Lipinski definition) is 3. The van der Waals surface area contributed by atoms with Crippen LogP contribution in [0.15, 0.2) is 35.5 Å². The van der Waals surface area contributed by atoms with Gasteiger partial charge in [0.2, 0.25) is 0 Å². The molecule has 0 amide bonds. The molecule has 0 aromatic carbocycles. The number of carbonyl (C=O) groups excluding carboxylic acids is 1. The van der Waals surface area contributed by atoms with Gasteiger partial charge in [0.1, 0.15) is 0 Å². The van der Waals surface area contributed by atoms with E-state index in [0.29, 0.717) is 6.42 Å². The van der Waals surface area contributed by atoms with Crippen molar-refractivity contribution in [1.82, 2.24) is 0 Å². The molecule has 2 aliphatic carbocycles. The lowest BCUT2D eigenvalue weighted by molar-refractivity contribution is -0.129. The molecule has 0 spiro atoms. The normalized spacial score (nSPS) is 41.2. The molecule has 0 unspecified atom stereocenters. The van der Waals surface area contributed by atoms with E-state index in [1.807, 2.05) is 6.08 Å². The van der Waals surface area contributed by atoms with Crippen molar-refractivity contribution in [2.24, 2.45) is 11.3 Å². The van der Waals surface area contributed by atoms with Crippen molar-refractivity contribution in [2.75, 3.05) is 6.61 Å². The highest BCUT2D eigenvalue weighted by atomic mass is 16.5. The highest BCUT2D eigenvalue weighted by molar-refractivity contribution is 5.99. The maximum atomic E-state index is 12.4. The summed E-state index contributed by atoms with van der Waals surface area (Å²) in [5.41, 5.74) is 1.91. The Morgan fingerprint density at radius 1 is 1.47 bits per heavy atom. The number of ether oxygens (including phenoxy) is 1. The van der Waals surface area contributed by atoms with Gasteiger partial charge in [-0.2, -0.15) is 0 Å². The van der Waals surface area contributed by atoms with Gasteiger partial charge in [0.05, 0.1) is 18.8 Å². The first-order valence-corrected chi connectivity index (χ1v) is 6.92. The van der Waals surface area contributed by atoms with Crippen molar-refractivity contribution in [2.45, 2.75) is 38.9 Å². The second kappa shape index (κ2) is 4.43. The van der Waals surface area contributed by atoms with Crippen LogP contribution in [-0.4, -0.2) is 29.7 Å². The highest BCUT2D eigenvalue weighted by Gasteiger charge is 2.50. The van der Waals surface area contributed by atoms with Crippen molar-refractivity contribution >= 4 is 5.78 Å². The van der Waals surface area contributed by atoms with E-state index in [2.05, 4.69) is 32.1 Å². The average molecular weight is 260 g/mol. The standard InChI is InChI=1S/C16H20O3/c1-10-4-3-7-16(2)12-6-5-11(9-17)19-14(12)8-13(18)15(10)16/h3,5-7,11-12,14,17H,4,8-9H2,1-2H3/t11-,12-,14+,16-/m0/s1. The molecule has 1 heterocycles. The van der Waals surface area contributed by atoms with Gasteiger partial charge < -0.3 is 9.84 Å². The summed E-state index contributed by atoms with van der Waals surface area (Å²) in [4.78, 5) is 12.4. The largest absolute Gasteiger partial charge is 0.393 e. The lowest BCUT2D eigenvalue weighted by Gasteiger charge is -2.48. The molecule has 19 heavy (non-hydrogen) atoms. The molecular weight excluding hydrogens is 240 g/mol. The predicted molar refractivity (Wildman–Crippen MR) is 72.6 cm³/mol. The van der Waals surface area contributed by atoms with Gasteiger partial charge in [0.25, 0.3) is 0 Å². The number of rotatable bonds is 1. The van der Waals surface area contributed by atoms with Gasteiger partial charge in [-0.1, -0.05) is 36.8 Å². The summed E-state index contributed by atoms with van der Waals surface area (Å²) in [5.74, 6) is 0.395. The van der Waals surface area contributed by atoms with Crippen molar-refractivity contribution in [3.05, 3.63) is 35.5 Å². The summed E-state index contributed by atoms with van der Waals surface area (Å²) in [7, 11) is 0. The second-order valence-corrected chi connectivity index (χ2v) is 5.98. The van der Waals surface area contributed by atoms with Crippen LogP contribution in [0.4, 0.5) is 0 Å². The Morgan fingerprint density at radius 2 is 2.26 bits per heavy atom. The van der Waals surface area contributed by atoms with Crippen LogP contribution in [-0.2, 0) is 9.53 Å². The van der Waals surface area contributed by atoms with E-state index < -0.39 is 0 Å². The van der Waals surface area contributed by atoms with Gasteiger partial charge in [0, 0.05) is 23.3 Å². The first kappa shape index (κ1) is 12.8. The van der Waals surface area contributed by atoms with Gasteiger partial charge >= 0.3 is 0 Å². The number of ketones is 1. The van der Waals surface area contributed by atoms with E-state index in [1.165, 1.54) is 5.57 Å². The molecule has 1 fully saturated rings. The lowest BCUT2D eigenvalue weighted by Crippen LogP contribution is -2.49. The molecule has 0 radical (unpaired) electrons. The maximum absolute atomic E-state index is 12.4. The second-order valence-electron chi connectivity index (χ2n) is 5.98. The number of hydrogen-bond donors (Lipinski definition) is 1. The van der Waals surface area contributed by atoms with E-state index >= 15 is 0 Å². The third-order valence-electron chi connectivity index (χ3n) is 4.67. The van der Waals surface area contributed by atoms with Crippen LogP contribution in [0.2, 0.25) is 0 Å². The van der Waals surface area contributed by atoms with E-state index in [-0.39, 0.29) is 35.9 Å². The van der Waals surface area contributed by atoms with Crippen LogP contribution in [0.3, 0.4) is 0 Å². The summed E-state index contributed by atoms with van der Waals surface area (Å²) in [6.45, 7) is 4.16. The van der Waals surface area contributed by atoms with Crippen LogP contribution in [0.5, 0.6) is 0 Å². The number of Topliss-reactive ketones (excluding diaryl/α,β-unsaturated/α-hetero) is 1. The molecule has 4 atom stereocenters. The molecule has 3 aliphatic rings. The van der Waals surface area contributed by atoms with Gasteiger partial charge in [-0.15, -0.1) is 0 Å². The van der Waals surface area contributed by atoms with Crippen LogP contribution in [0, 0.1) is 11.3 Å². The van der Waals surface area contributed by atoms with Crippen molar-refractivity contribution in [3.8, 4) is 0 Å². The Hall–Kier alpha value is -1.19. The summed E-state index contributed by atoms with van der Waals surface area (Å²) < 4.78 is 5.85. The molecule has 3 rings (SSSR count). The molecule has 0 aromatic rings. The van der Waals surface area contributed by atoms with E-state index in [1.54, 1.807) is 0 Å². The lowest BCUT2D eigenvalue weighted by atomic mass is 9.59. The fourth-order valence-corrected chi connectivity index (χ4v) is 3.81. The molecule has 0 aromatic heterocycles. The van der Waals surface area contributed by atoms with Crippen molar-refractivity contribution < 1.29 is 14.6 Å². The molecule has 102 valence electrons. The Balaban J connectivity index is 2.05. The predicted octanol–water partition coefficient (Wildman–Crippen LogP) is 2.17. The summed E-state index contributed by atoms with van der Waals surface area (Å²) in [5, 5.41) is 9.20. The molecule has 1 N–H and O–H groups in total. The summed E-state index contributed by atoms with van der Waals surface area (Å²) in [6, 6.07) is 0. The fraction of sp³-hybridized carbons (Fsp3) is 0.562. The minimum Gasteiger partial charge on any atom is -0.393 e. The number of fused-ring (bicyclic) bond motifs is 3. The van der Waals surface area contributed by atoms with Gasteiger partial charge in [-0.3, -0.25) is 4.79 Å². The zero-order valence-corrected chi connectivity index (χ0v) is 11.4. The van der Waals surface area contributed by atoms with Crippen molar-refractivity contribution in [1.29, 1.82) is 0 Å². The van der Waals surface area contributed by atoms with Crippen molar-refractivity contribution in [3.63, 3.8) is 0 Å². The van der Waals surface area contributed by atoms with E-state index in [9.17, 15) is 9.90 Å². The summed E-state index contributed by atoms with van der Waals surface area (Å²) in [6.07, 6.45) is 9.30. The molecule has 1 saturated carbocycles. The van der Waals surface area contributed by atoms with Crippen LogP contribution >= 0.6 is 0 Å². The van der Waals surface area contributed by atoms with Crippen LogP contribution in [0.25, 0.3) is 0 Å². The minimum atomic E-state index is -0.267. The molecule has 0 saturated heterocycles. The van der Waals surface area contributed by atoms with E-state index in [0.717, 1.165) is 12.0 Å². The minimum absolute atomic E-state index is 0.0256. The monoisotopic (exact) mass is 260 g/mol. The zero-order chi connectivity index (χ0) is 13.6. The first-order valence-electron chi connectivity index (χ1n) is 6.92. The topological polar surface area (TPSA) is 46.5 Å². The van der Waals surface area contributed by atoms with Crippen LogP contribution in [0.1, 0.15) is 26.7 Å². The third kappa shape index (κ3) is 1.84. The third-order valence-corrected chi connectivity index (χ3v) is 4.67. The maximum Gasteiger partial charge on any atom is 0.162 e. The zero-order valence-electron chi connectivity index (χ0n) is 11.4. The average Bonchev–Trinajstić information content (AvgIpc) is 2.37. The molecule has 3 nitrogen and oxygen atoms in total. The number of allylic oxidation sites excluding steroid dienone is 4. The Bertz CT molecular complexity index is 500. The number of aliphatic hydroxyl groups excluding tert-OH is 1. The van der Waals surface area contributed by atoms with Gasteiger partial charge in [-0.05, 0) is 13.3 Å². The van der Waals surface area contributed by atoms with Gasteiger partial charge in [-0.25, -0.2) is 0 Å². The Morgan fingerprint density at radius 3 is 3.00 bits per heavy atom. The van der Waals surface area contributed by atoms with Crippen LogP contribution < -0.4 is 0 Å². The number of aliphatic hydroxyl groups is 1. The molecular formula is C16H20O3. The molecule has 0 bridgehead atoms. The summed E-state index contributed by atoms with van der Waals surface area (Å²) >= 11 is 0. The molecule has 1 aliphatic heterocycles. The smallest absolute Gasteiger partial charge is 0.162 e. The SMILES string of the molecule is CC1=C2C(=O)C[C@H]3O[C@H](CO)C=C[C@@H]3[C@]2(C)C=CC1. The first-order chi connectivity index (χ1) is 9.06. The van der Waals surface area contributed by atoms with E-state index in [4.69, 9.17) is 4.74 Å². The Labute approximate surface area is 113 Å².